The number of nitrogens with two attached hydrogens (primary N) is 1. The Morgan fingerprint density at radius 3 is 2.60 bits per heavy atom. The molecule has 0 saturated carbocycles. The number of pyridine rings is 1. The summed E-state index contributed by atoms with van der Waals surface area (Å²) in [6, 6.07) is 8.78. The molecule has 8 nitrogen and oxygen atoms in total. The smallest absolute Gasteiger partial charge is 0.243 e. The molecular formula is C20H24ClN5O3S. The largest absolute Gasteiger partial charge is 0.392 e. The second-order valence-corrected chi connectivity index (χ2v) is 9.31. The van der Waals surface area contributed by atoms with Gasteiger partial charge in [-0.25, -0.2) is 13.4 Å². The number of aromatic amines is 1. The Bertz CT molecular complexity index is 1180. The number of sulfonamides is 1. The van der Waals surface area contributed by atoms with Gasteiger partial charge in [-0.3, -0.25) is 5.10 Å². The van der Waals surface area contributed by atoms with E-state index in [1.807, 2.05) is 26.0 Å². The quantitative estimate of drug-likeness (QED) is 0.562. The first kappa shape index (κ1) is 22.2. The van der Waals surface area contributed by atoms with E-state index in [0.29, 0.717) is 30.0 Å². The molecule has 3 aromatic rings. The molecule has 4 rings (SSSR count). The van der Waals surface area contributed by atoms with Crippen LogP contribution in [0.4, 0.5) is 5.82 Å². The number of nitrogens with zero attached hydrogens (tertiary/aromatic N) is 3. The molecule has 1 fully saturated rings. The maximum Gasteiger partial charge on any atom is 0.243 e. The second-order valence-electron chi connectivity index (χ2n) is 7.38. The third kappa shape index (κ3) is 4.06. The SMILES string of the molecule is Cc1cc(-c2cc(-c3cc(S(=O)(=O)N4CC[C@H](O)C4)ccc3C)cnc2N)n[nH]1.Cl. The highest BCUT2D eigenvalue weighted by molar-refractivity contribution is 7.89. The number of β-amino-alcohol motifs (C(OH)–C–C–N with tert-alkyl or cyclic N) is 1. The van der Waals surface area contributed by atoms with E-state index in [1.165, 1.54) is 4.31 Å². The zero-order chi connectivity index (χ0) is 20.8. The molecule has 0 spiro atoms. The van der Waals surface area contributed by atoms with Crippen LogP contribution >= 0.6 is 12.4 Å². The lowest BCUT2D eigenvalue weighted by atomic mass is 10.00. The summed E-state index contributed by atoms with van der Waals surface area (Å²) in [5, 5.41) is 16.9. The summed E-state index contributed by atoms with van der Waals surface area (Å²) in [5.41, 5.74) is 10.7. The molecule has 0 radical (unpaired) electrons. The molecule has 30 heavy (non-hydrogen) atoms. The fourth-order valence-corrected chi connectivity index (χ4v) is 5.05. The Balaban J connectivity index is 0.00000256. The molecule has 2 aromatic heterocycles. The van der Waals surface area contributed by atoms with Crippen molar-refractivity contribution in [2.24, 2.45) is 0 Å². The third-order valence-electron chi connectivity index (χ3n) is 5.18. The van der Waals surface area contributed by atoms with Crippen LogP contribution in [0.5, 0.6) is 0 Å². The number of nitrogens with one attached hydrogen (secondary N) is 1. The Morgan fingerprint density at radius 1 is 1.20 bits per heavy atom. The summed E-state index contributed by atoms with van der Waals surface area (Å²) in [5.74, 6) is 0.354. The van der Waals surface area contributed by atoms with E-state index in [4.69, 9.17) is 5.73 Å². The van der Waals surface area contributed by atoms with Crippen LogP contribution in [-0.4, -0.2) is 52.2 Å². The number of benzene rings is 1. The molecule has 160 valence electrons. The highest BCUT2D eigenvalue weighted by Gasteiger charge is 2.32. The van der Waals surface area contributed by atoms with Gasteiger partial charge in [0.05, 0.1) is 16.7 Å². The lowest BCUT2D eigenvalue weighted by molar-refractivity contribution is 0.189. The molecule has 1 saturated heterocycles. The molecule has 1 atom stereocenters. The van der Waals surface area contributed by atoms with E-state index in [9.17, 15) is 13.5 Å². The van der Waals surface area contributed by atoms with E-state index in [-0.39, 0.29) is 23.8 Å². The minimum Gasteiger partial charge on any atom is -0.392 e. The van der Waals surface area contributed by atoms with Gasteiger partial charge in [0.1, 0.15) is 5.82 Å². The summed E-state index contributed by atoms with van der Waals surface area (Å²) in [6.45, 7) is 4.26. The number of rotatable bonds is 4. The van der Waals surface area contributed by atoms with Crippen LogP contribution in [0.15, 0.2) is 41.4 Å². The van der Waals surface area contributed by atoms with Gasteiger partial charge in [-0.1, -0.05) is 6.07 Å². The minimum absolute atomic E-state index is 0. The molecule has 0 bridgehead atoms. The fraction of sp³-hybridized carbons (Fsp3) is 0.300. The summed E-state index contributed by atoms with van der Waals surface area (Å²) >= 11 is 0. The summed E-state index contributed by atoms with van der Waals surface area (Å²) in [6.07, 6.45) is 1.47. The van der Waals surface area contributed by atoms with E-state index in [2.05, 4.69) is 15.2 Å². The van der Waals surface area contributed by atoms with Gasteiger partial charge in [-0.15, -0.1) is 12.4 Å². The predicted octanol–water partition coefficient (Wildman–Crippen LogP) is 2.51. The molecule has 3 heterocycles. The van der Waals surface area contributed by atoms with Gasteiger partial charge in [0.2, 0.25) is 10.0 Å². The zero-order valence-electron chi connectivity index (χ0n) is 16.7. The molecule has 4 N–H and O–H groups in total. The summed E-state index contributed by atoms with van der Waals surface area (Å²) < 4.78 is 27.3. The first-order valence-electron chi connectivity index (χ1n) is 9.33. The molecule has 0 aliphatic carbocycles. The molecule has 1 aromatic carbocycles. The normalized spacial score (nSPS) is 17.1. The third-order valence-corrected chi connectivity index (χ3v) is 7.05. The molecule has 1 aliphatic heterocycles. The van der Waals surface area contributed by atoms with Crippen LogP contribution < -0.4 is 5.73 Å². The number of nitrogen functional groups attached to an aromatic ring is 1. The van der Waals surface area contributed by atoms with Crippen molar-refractivity contribution in [3.05, 3.63) is 47.8 Å². The van der Waals surface area contributed by atoms with Crippen molar-refractivity contribution in [3.8, 4) is 22.4 Å². The molecule has 10 heteroatoms. The highest BCUT2D eigenvalue weighted by Crippen LogP contribution is 2.32. The first-order valence-corrected chi connectivity index (χ1v) is 10.8. The standard InChI is InChI=1S/C20H23N5O3S.ClH/c1-12-3-4-16(29(27,28)25-6-5-15(26)11-25)9-17(12)14-8-18(20(21)22-10-14)19-7-13(2)23-24-19;/h3-4,7-10,15,26H,5-6,11H2,1-2H3,(H2,21,22)(H,23,24);1H/t15-;/m0./s1. The van der Waals surface area contributed by atoms with Crippen LogP contribution in [-0.2, 0) is 10.0 Å². The number of H-pyrrole nitrogens is 1. The minimum atomic E-state index is -3.68. The van der Waals surface area contributed by atoms with Gasteiger partial charge in [-0.2, -0.15) is 9.40 Å². The highest BCUT2D eigenvalue weighted by atomic mass is 35.5. The van der Waals surface area contributed by atoms with E-state index in [1.54, 1.807) is 24.4 Å². The van der Waals surface area contributed by atoms with Crippen molar-refractivity contribution in [2.75, 3.05) is 18.8 Å². The number of aromatic nitrogens is 3. The maximum atomic E-state index is 13.0. The van der Waals surface area contributed by atoms with Gasteiger partial charge in [0, 0.05) is 36.1 Å². The molecular weight excluding hydrogens is 426 g/mol. The van der Waals surface area contributed by atoms with Crippen LogP contribution in [0.25, 0.3) is 22.4 Å². The number of aliphatic hydroxyl groups is 1. The predicted molar refractivity (Wildman–Crippen MR) is 118 cm³/mol. The molecule has 1 aliphatic rings. The number of halogens is 1. The van der Waals surface area contributed by atoms with Gasteiger partial charge >= 0.3 is 0 Å². The van der Waals surface area contributed by atoms with Gasteiger partial charge in [-0.05, 0) is 55.7 Å². The van der Waals surface area contributed by atoms with Crippen molar-refractivity contribution in [3.63, 3.8) is 0 Å². The van der Waals surface area contributed by atoms with Crippen molar-refractivity contribution >= 4 is 28.2 Å². The van der Waals surface area contributed by atoms with E-state index < -0.39 is 16.1 Å². The summed E-state index contributed by atoms with van der Waals surface area (Å²) in [4.78, 5) is 4.49. The number of aryl methyl sites for hydroxylation is 2. The Hall–Kier alpha value is -2.46. The van der Waals surface area contributed by atoms with Crippen LogP contribution in [0.1, 0.15) is 17.7 Å². The van der Waals surface area contributed by atoms with Crippen LogP contribution in [0, 0.1) is 13.8 Å². The summed E-state index contributed by atoms with van der Waals surface area (Å²) in [7, 11) is -3.68. The first-order chi connectivity index (χ1) is 13.8. The lowest BCUT2D eigenvalue weighted by Gasteiger charge is -2.17. The Morgan fingerprint density at radius 2 is 1.97 bits per heavy atom. The lowest BCUT2D eigenvalue weighted by Crippen LogP contribution is -2.29. The fourth-order valence-electron chi connectivity index (χ4n) is 3.53. The average Bonchev–Trinajstić information content (AvgIpc) is 3.31. The van der Waals surface area contributed by atoms with Crippen molar-refractivity contribution in [2.45, 2.75) is 31.3 Å². The van der Waals surface area contributed by atoms with E-state index in [0.717, 1.165) is 22.4 Å². The van der Waals surface area contributed by atoms with Gasteiger partial charge < -0.3 is 10.8 Å². The number of hydrogen-bond acceptors (Lipinski definition) is 6. The second kappa shape index (κ2) is 8.35. The van der Waals surface area contributed by atoms with Crippen molar-refractivity contribution in [1.82, 2.24) is 19.5 Å². The van der Waals surface area contributed by atoms with Gasteiger partial charge in [0.15, 0.2) is 0 Å². The average molecular weight is 450 g/mol. The molecule has 0 unspecified atom stereocenters. The van der Waals surface area contributed by atoms with E-state index >= 15 is 0 Å². The number of aliphatic hydroxyl groups excluding tert-OH is 1. The van der Waals surface area contributed by atoms with Crippen molar-refractivity contribution < 1.29 is 13.5 Å². The van der Waals surface area contributed by atoms with Crippen LogP contribution in [0.3, 0.4) is 0 Å². The Kier molecular flexibility index (Phi) is 6.19. The van der Waals surface area contributed by atoms with Gasteiger partial charge in [0.25, 0.3) is 0 Å². The number of anilines is 1. The maximum absolute atomic E-state index is 13.0. The van der Waals surface area contributed by atoms with Crippen LogP contribution in [0.2, 0.25) is 0 Å². The molecule has 0 amide bonds. The van der Waals surface area contributed by atoms with Crippen molar-refractivity contribution in [1.29, 1.82) is 0 Å². The monoisotopic (exact) mass is 449 g/mol. The number of hydrogen-bond donors (Lipinski definition) is 3. The Labute approximate surface area is 181 Å². The topological polar surface area (TPSA) is 125 Å². The zero-order valence-corrected chi connectivity index (χ0v) is 18.3.